The van der Waals surface area contributed by atoms with Crippen LogP contribution in [-0.2, 0) is 14.3 Å². The van der Waals surface area contributed by atoms with E-state index in [0.29, 0.717) is 0 Å². The van der Waals surface area contributed by atoms with E-state index in [1.165, 1.54) is 0 Å². The van der Waals surface area contributed by atoms with Crippen LogP contribution in [0.2, 0.25) is 0 Å². The van der Waals surface area contributed by atoms with E-state index in [-0.39, 0.29) is 17.4 Å². The Labute approximate surface area is 71.1 Å². The summed E-state index contributed by atoms with van der Waals surface area (Å²) in [5, 5.41) is 0. The minimum Gasteiger partial charge on any atom is -0.392 e. The second-order valence-electron chi connectivity index (χ2n) is 4.55. The highest BCUT2D eigenvalue weighted by Crippen LogP contribution is 2.81. The van der Waals surface area contributed by atoms with Crippen molar-refractivity contribution in [1.82, 2.24) is 0 Å². The van der Waals surface area contributed by atoms with Crippen molar-refractivity contribution in [3.05, 3.63) is 0 Å². The van der Waals surface area contributed by atoms with Gasteiger partial charge in [-0.2, -0.15) is 0 Å². The minimum atomic E-state index is -0.586. The molecule has 2 fully saturated rings. The summed E-state index contributed by atoms with van der Waals surface area (Å²) in [6.07, 6.45) is 0. The molecule has 0 aromatic carbocycles. The molecule has 3 nitrogen and oxygen atoms in total. The van der Waals surface area contributed by atoms with Crippen LogP contribution in [0.15, 0.2) is 0 Å². The van der Waals surface area contributed by atoms with Gasteiger partial charge in [0.25, 0.3) is 0 Å². The van der Waals surface area contributed by atoms with Crippen molar-refractivity contribution in [2.75, 3.05) is 0 Å². The fourth-order valence-corrected chi connectivity index (χ4v) is 2.55. The van der Waals surface area contributed by atoms with Crippen LogP contribution in [0.3, 0.4) is 0 Å². The van der Waals surface area contributed by atoms with Crippen LogP contribution in [0.25, 0.3) is 0 Å². The fourth-order valence-electron chi connectivity index (χ4n) is 2.55. The van der Waals surface area contributed by atoms with Crippen molar-refractivity contribution in [1.29, 1.82) is 0 Å². The summed E-state index contributed by atoms with van der Waals surface area (Å²) in [5.41, 5.74) is -1.42. The van der Waals surface area contributed by atoms with Gasteiger partial charge in [0.1, 0.15) is 0 Å². The van der Waals surface area contributed by atoms with E-state index in [2.05, 4.69) is 4.74 Å². The van der Waals surface area contributed by atoms with Gasteiger partial charge in [-0.15, -0.1) is 0 Å². The average Bonchev–Trinajstić information content (AvgIpc) is 2.21. The molecule has 0 radical (unpaired) electrons. The summed E-state index contributed by atoms with van der Waals surface area (Å²) in [7, 11) is 0. The van der Waals surface area contributed by atoms with Crippen LogP contribution in [0.4, 0.5) is 0 Å². The number of fused-ring (bicyclic) bond motifs is 1. The molecule has 1 heterocycles. The van der Waals surface area contributed by atoms with Gasteiger partial charge < -0.3 is 4.74 Å². The van der Waals surface area contributed by atoms with Crippen LogP contribution in [0, 0.1) is 16.2 Å². The SMILES string of the molecule is CC1(C)C2(C)C(=O)OC(=O)C12C. The van der Waals surface area contributed by atoms with E-state index in [1.807, 2.05) is 13.8 Å². The third kappa shape index (κ3) is 0.376. The Morgan fingerprint density at radius 2 is 1.25 bits per heavy atom. The van der Waals surface area contributed by atoms with Crippen molar-refractivity contribution in [3.8, 4) is 0 Å². The molecule has 0 amide bonds. The van der Waals surface area contributed by atoms with E-state index in [4.69, 9.17) is 0 Å². The summed E-state index contributed by atoms with van der Waals surface area (Å²) in [5.74, 6) is -0.722. The number of cyclic esters (lactones) is 2. The number of carbonyl (C=O) groups is 2. The number of carbonyl (C=O) groups excluding carboxylic acids is 2. The number of hydrogen-bond donors (Lipinski definition) is 0. The van der Waals surface area contributed by atoms with Crippen molar-refractivity contribution in [3.63, 3.8) is 0 Å². The van der Waals surface area contributed by atoms with Crippen LogP contribution in [0.5, 0.6) is 0 Å². The second kappa shape index (κ2) is 1.45. The lowest BCUT2D eigenvalue weighted by Gasteiger charge is -2.12. The zero-order chi connectivity index (χ0) is 9.36. The van der Waals surface area contributed by atoms with Gasteiger partial charge in [0.15, 0.2) is 0 Å². The lowest BCUT2D eigenvalue weighted by Crippen LogP contribution is -2.21. The Morgan fingerprint density at radius 3 is 1.42 bits per heavy atom. The van der Waals surface area contributed by atoms with Gasteiger partial charge in [-0.1, -0.05) is 13.8 Å². The zero-order valence-corrected chi connectivity index (χ0v) is 7.72. The molecule has 3 heteroatoms. The van der Waals surface area contributed by atoms with Gasteiger partial charge >= 0.3 is 11.9 Å². The summed E-state index contributed by atoms with van der Waals surface area (Å²) in [4.78, 5) is 22.7. The molecule has 0 aromatic rings. The second-order valence-corrected chi connectivity index (χ2v) is 4.55. The molecule has 2 unspecified atom stereocenters. The lowest BCUT2D eigenvalue weighted by molar-refractivity contribution is -0.160. The third-order valence-electron chi connectivity index (χ3n) is 4.44. The molecule has 66 valence electrons. The highest BCUT2D eigenvalue weighted by Gasteiger charge is 2.89. The molecule has 0 N–H and O–H groups in total. The number of esters is 2. The summed E-state index contributed by atoms with van der Waals surface area (Å²) in [6, 6.07) is 0. The summed E-state index contributed by atoms with van der Waals surface area (Å²) in [6.45, 7) is 7.48. The van der Waals surface area contributed by atoms with Crippen LogP contribution < -0.4 is 0 Å². The van der Waals surface area contributed by atoms with Crippen molar-refractivity contribution in [2.24, 2.45) is 16.2 Å². The third-order valence-corrected chi connectivity index (χ3v) is 4.44. The quantitative estimate of drug-likeness (QED) is 0.402. The molecule has 1 aliphatic carbocycles. The van der Waals surface area contributed by atoms with Gasteiger partial charge in [-0.25, -0.2) is 0 Å². The van der Waals surface area contributed by atoms with E-state index in [9.17, 15) is 9.59 Å². The molecule has 2 aliphatic rings. The average molecular weight is 168 g/mol. The Morgan fingerprint density at radius 1 is 0.917 bits per heavy atom. The Bertz CT molecular complexity index is 277. The lowest BCUT2D eigenvalue weighted by atomic mass is 9.98. The van der Waals surface area contributed by atoms with Crippen molar-refractivity contribution < 1.29 is 14.3 Å². The Hall–Kier alpha value is -0.860. The standard InChI is InChI=1S/C9H12O3/c1-7(2)8(3)5(10)12-6(11)9(7,8)4/h1-4H3. The Kier molecular flexibility index (Phi) is 0.941. The molecular weight excluding hydrogens is 156 g/mol. The zero-order valence-electron chi connectivity index (χ0n) is 7.72. The monoisotopic (exact) mass is 168 g/mol. The first-order valence-corrected chi connectivity index (χ1v) is 4.07. The number of rotatable bonds is 0. The molecule has 2 rings (SSSR count). The molecular formula is C9H12O3. The van der Waals surface area contributed by atoms with Crippen LogP contribution in [0.1, 0.15) is 27.7 Å². The fraction of sp³-hybridized carbons (Fsp3) is 0.778. The molecule has 0 bridgehead atoms. The highest BCUT2D eigenvalue weighted by molar-refractivity contribution is 6.08. The first-order valence-electron chi connectivity index (χ1n) is 4.07. The Balaban J connectivity index is 2.59. The normalized spacial score (nSPS) is 48.7. The van der Waals surface area contributed by atoms with E-state index < -0.39 is 10.8 Å². The van der Waals surface area contributed by atoms with E-state index >= 15 is 0 Å². The first-order chi connectivity index (χ1) is 5.30. The summed E-state index contributed by atoms with van der Waals surface area (Å²) < 4.78 is 4.59. The maximum Gasteiger partial charge on any atom is 0.321 e. The molecule has 1 aliphatic heterocycles. The van der Waals surface area contributed by atoms with Gasteiger partial charge in [0.05, 0.1) is 10.8 Å². The maximum atomic E-state index is 11.3. The molecule has 0 aromatic heterocycles. The van der Waals surface area contributed by atoms with Crippen molar-refractivity contribution >= 4 is 11.9 Å². The van der Waals surface area contributed by atoms with Crippen LogP contribution in [-0.4, -0.2) is 11.9 Å². The molecule has 1 saturated heterocycles. The largest absolute Gasteiger partial charge is 0.392 e. The van der Waals surface area contributed by atoms with Gasteiger partial charge in [-0.3, -0.25) is 9.59 Å². The number of ether oxygens (including phenoxy) is 1. The first kappa shape index (κ1) is 7.77. The predicted molar refractivity (Wildman–Crippen MR) is 41.1 cm³/mol. The topological polar surface area (TPSA) is 43.4 Å². The smallest absolute Gasteiger partial charge is 0.321 e. The molecule has 1 saturated carbocycles. The maximum absolute atomic E-state index is 11.3. The molecule has 2 atom stereocenters. The van der Waals surface area contributed by atoms with E-state index in [1.54, 1.807) is 13.8 Å². The molecule has 0 spiro atoms. The van der Waals surface area contributed by atoms with Gasteiger partial charge in [0, 0.05) is 0 Å². The van der Waals surface area contributed by atoms with E-state index in [0.717, 1.165) is 0 Å². The van der Waals surface area contributed by atoms with Gasteiger partial charge in [-0.05, 0) is 19.3 Å². The predicted octanol–water partition coefficient (Wildman–Crippen LogP) is 1.12. The van der Waals surface area contributed by atoms with Crippen molar-refractivity contribution in [2.45, 2.75) is 27.7 Å². The van der Waals surface area contributed by atoms with Crippen LogP contribution >= 0.6 is 0 Å². The highest BCUT2D eigenvalue weighted by atomic mass is 16.6. The van der Waals surface area contributed by atoms with Gasteiger partial charge in [0.2, 0.25) is 0 Å². The molecule has 12 heavy (non-hydrogen) atoms. The minimum absolute atomic E-state index is 0.244. The summed E-state index contributed by atoms with van der Waals surface area (Å²) >= 11 is 0. The number of hydrogen-bond acceptors (Lipinski definition) is 3.